The Hall–Kier alpha value is -3.65. The van der Waals surface area contributed by atoms with Crippen molar-refractivity contribution in [2.75, 3.05) is 19.7 Å². The fourth-order valence-corrected chi connectivity index (χ4v) is 8.05. The van der Waals surface area contributed by atoms with E-state index in [1.165, 1.54) is 23.0 Å². The van der Waals surface area contributed by atoms with Gasteiger partial charge in [-0.15, -0.1) is 10.2 Å². The molecule has 1 amide bonds. The average Bonchev–Trinajstić information content (AvgIpc) is 3.39. The van der Waals surface area contributed by atoms with Gasteiger partial charge in [0, 0.05) is 36.4 Å². The summed E-state index contributed by atoms with van der Waals surface area (Å²) in [5.74, 6) is -0.0159. The summed E-state index contributed by atoms with van der Waals surface area (Å²) in [7, 11) is -4.08. The number of nitriles is 1. The van der Waals surface area contributed by atoms with Gasteiger partial charge in [-0.2, -0.15) is 9.98 Å². The zero-order valence-electron chi connectivity index (χ0n) is 22.7. The first-order valence-corrected chi connectivity index (χ1v) is 16.3. The number of piperidine rings is 1. The second-order valence-corrected chi connectivity index (χ2v) is 13.8. The molecule has 7 rings (SSSR count). The second-order valence-electron chi connectivity index (χ2n) is 11.1. The van der Waals surface area contributed by atoms with Crippen molar-refractivity contribution in [1.82, 2.24) is 34.4 Å². The first-order valence-electron chi connectivity index (χ1n) is 14.0. The number of carbonyl (C=O) groups is 1. The lowest BCUT2D eigenvalue weighted by Gasteiger charge is -2.33. The fraction of sp³-hybridized carbons (Fsp3) is 0.481. The molecule has 1 atom stereocenters. The van der Waals surface area contributed by atoms with Crippen LogP contribution < -0.4 is 4.72 Å². The summed E-state index contributed by atoms with van der Waals surface area (Å²) in [4.78, 5) is 23.8. The van der Waals surface area contributed by atoms with Gasteiger partial charge in [-0.05, 0) is 50.7 Å². The lowest BCUT2D eigenvalue weighted by atomic mass is 9.90. The lowest BCUT2D eigenvalue weighted by molar-refractivity contribution is -0.142. The van der Waals surface area contributed by atoms with E-state index in [0.717, 1.165) is 18.5 Å². The Labute approximate surface area is 248 Å². The number of ether oxygens (including phenoxy) is 1. The minimum absolute atomic E-state index is 0.0122. The summed E-state index contributed by atoms with van der Waals surface area (Å²) in [5.41, 5.74) is 0.370. The molecule has 0 radical (unpaired) electrons. The van der Waals surface area contributed by atoms with Gasteiger partial charge in [-0.1, -0.05) is 17.4 Å². The Morgan fingerprint density at radius 3 is 2.63 bits per heavy atom. The molecule has 224 valence electrons. The van der Waals surface area contributed by atoms with Gasteiger partial charge in [0.05, 0.1) is 22.2 Å². The molecule has 4 aromatic rings. The van der Waals surface area contributed by atoms with Crippen molar-refractivity contribution >= 4 is 49.2 Å². The van der Waals surface area contributed by atoms with Crippen LogP contribution >= 0.6 is 11.3 Å². The Balaban J connectivity index is 1.31. The van der Waals surface area contributed by atoms with E-state index in [1.54, 1.807) is 6.07 Å². The average molecular weight is 629 g/mol. The molecule has 1 N–H and O–H groups in total. The molecule has 1 saturated carbocycles. The predicted octanol–water partition coefficient (Wildman–Crippen LogP) is 3.58. The third kappa shape index (κ3) is 4.93. The summed E-state index contributed by atoms with van der Waals surface area (Å²) in [5, 5.41) is 18.0. The molecule has 2 aliphatic heterocycles. The summed E-state index contributed by atoms with van der Waals surface area (Å²) in [6.07, 6.45) is 1.94. The number of likely N-dealkylation sites (tertiary alicyclic amines) is 1. The number of nitrogens with one attached hydrogen (secondary N) is 1. The molecule has 12 nitrogen and oxygen atoms in total. The van der Waals surface area contributed by atoms with Crippen LogP contribution in [0.4, 0.5) is 8.78 Å². The minimum Gasteiger partial charge on any atom is -0.368 e. The Bertz CT molecular complexity index is 1890. The fourth-order valence-electron chi connectivity index (χ4n) is 5.94. The molecular weight excluding hydrogens is 602 g/mol. The number of rotatable bonds is 7. The Kier molecular flexibility index (Phi) is 6.88. The highest BCUT2D eigenvalue weighted by Gasteiger charge is 2.47. The zero-order chi connectivity index (χ0) is 29.9. The van der Waals surface area contributed by atoms with Crippen LogP contribution in [0.5, 0.6) is 0 Å². The van der Waals surface area contributed by atoms with Crippen LogP contribution in [0.2, 0.25) is 0 Å². The largest absolute Gasteiger partial charge is 0.368 e. The highest BCUT2D eigenvalue weighted by Crippen LogP contribution is 2.41. The highest BCUT2D eigenvalue weighted by atomic mass is 32.2. The van der Waals surface area contributed by atoms with Crippen LogP contribution in [0.15, 0.2) is 29.4 Å². The maximum absolute atomic E-state index is 13.5. The van der Waals surface area contributed by atoms with E-state index in [1.807, 2.05) is 11.0 Å². The summed E-state index contributed by atoms with van der Waals surface area (Å²) < 4.78 is 63.1. The number of benzene rings is 1. The SMILES string of the molecule is N#CC1(NS(=O)(=O)c2ccc3c4c(C5CCN(C(=O)[C@@H]6CCCO6)CC5)ncnc4n(-c4nnc(C(F)F)s4)c3c2)CC1. The van der Waals surface area contributed by atoms with E-state index < -0.39 is 27.0 Å². The topological polar surface area (TPSA) is 156 Å². The lowest BCUT2D eigenvalue weighted by Crippen LogP contribution is -2.43. The van der Waals surface area contributed by atoms with Crippen molar-refractivity contribution in [2.45, 2.75) is 67.4 Å². The zero-order valence-corrected chi connectivity index (χ0v) is 24.4. The van der Waals surface area contributed by atoms with Crippen molar-refractivity contribution in [3.8, 4) is 11.2 Å². The molecule has 1 aliphatic carbocycles. The van der Waals surface area contributed by atoms with Gasteiger partial charge in [-0.3, -0.25) is 9.36 Å². The number of fused-ring (bicyclic) bond motifs is 3. The Morgan fingerprint density at radius 2 is 1.98 bits per heavy atom. The first-order chi connectivity index (χ1) is 20.7. The van der Waals surface area contributed by atoms with E-state index in [4.69, 9.17) is 4.74 Å². The molecule has 3 aliphatic rings. The van der Waals surface area contributed by atoms with E-state index >= 15 is 0 Å². The molecule has 0 bridgehead atoms. The van der Waals surface area contributed by atoms with Crippen LogP contribution in [-0.4, -0.2) is 75.3 Å². The van der Waals surface area contributed by atoms with Crippen molar-refractivity contribution in [2.24, 2.45) is 0 Å². The monoisotopic (exact) mass is 628 g/mol. The molecule has 16 heteroatoms. The first kappa shape index (κ1) is 28.1. The number of amides is 1. The van der Waals surface area contributed by atoms with Gasteiger partial charge in [0.1, 0.15) is 18.0 Å². The Morgan fingerprint density at radius 1 is 1.19 bits per heavy atom. The number of hydrogen-bond acceptors (Lipinski definition) is 10. The van der Waals surface area contributed by atoms with Crippen molar-refractivity contribution in [1.29, 1.82) is 5.26 Å². The van der Waals surface area contributed by atoms with E-state index in [2.05, 4.69) is 24.9 Å². The van der Waals surface area contributed by atoms with Gasteiger partial charge < -0.3 is 9.64 Å². The number of nitrogens with zero attached hydrogens (tertiary/aromatic N) is 7. The molecule has 43 heavy (non-hydrogen) atoms. The normalized spacial score (nSPS) is 20.7. The number of alkyl halides is 2. The van der Waals surface area contributed by atoms with Gasteiger partial charge in [-0.25, -0.2) is 27.2 Å². The molecule has 5 heterocycles. The molecule has 2 saturated heterocycles. The van der Waals surface area contributed by atoms with E-state index in [0.29, 0.717) is 78.7 Å². The summed E-state index contributed by atoms with van der Waals surface area (Å²) >= 11 is 0.688. The number of sulfonamides is 1. The van der Waals surface area contributed by atoms with Crippen molar-refractivity contribution in [3.63, 3.8) is 0 Å². The number of aromatic nitrogens is 5. The maximum Gasteiger partial charge on any atom is 0.291 e. The number of halogens is 2. The quantitative estimate of drug-likeness (QED) is 0.323. The standard InChI is InChI=1S/C27H26F2N8O4S2/c28-22(29)24-33-34-26(42-24)37-18-12-16(43(39,40)35-27(13-30)7-8-27)3-4-17(18)20-21(31-14-32-23(20)37)15-5-9-36(10-6-15)25(38)19-2-1-11-41-19/h3-4,12,14-15,19,22,35H,1-2,5-11H2/t19-/m0/s1. The van der Waals surface area contributed by atoms with Crippen LogP contribution in [0.1, 0.15) is 61.6 Å². The smallest absolute Gasteiger partial charge is 0.291 e. The predicted molar refractivity (Wildman–Crippen MR) is 150 cm³/mol. The van der Waals surface area contributed by atoms with Crippen LogP contribution in [0.25, 0.3) is 27.1 Å². The maximum atomic E-state index is 13.5. The molecule has 0 spiro atoms. The highest BCUT2D eigenvalue weighted by molar-refractivity contribution is 7.89. The number of hydrogen-bond donors (Lipinski definition) is 1. The summed E-state index contributed by atoms with van der Waals surface area (Å²) in [6.45, 7) is 1.67. The van der Waals surface area contributed by atoms with E-state index in [9.17, 15) is 27.3 Å². The molecule has 1 aromatic carbocycles. The van der Waals surface area contributed by atoms with Gasteiger partial charge in [0.15, 0.2) is 10.7 Å². The third-order valence-electron chi connectivity index (χ3n) is 8.36. The van der Waals surface area contributed by atoms with Gasteiger partial charge >= 0.3 is 0 Å². The minimum atomic E-state index is -4.08. The second kappa shape index (κ2) is 10.5. The van der Waals surface area contributed by atoms with Crippen LogP contribution in [-0.2, 0) is 19.6 Å². The van der Waals surface area contributed by atoms with Crippen LogP contribution in [0, 0.1) is 11.3 Å². The third-order valence-corrected chi connectivity index (χ3v) is 10.8. The van der Waals surface area contributed by atoms with E-state index in [-0.39, 0.29) is 28.0 Å². The molecule has 3 fully saturated rings. The number of carbonyl (C=O) groups excluding carboxylic acids is 1. The molecule has 0 unspecified atom stereocenters. The van der Waals surface area contributed by atoms with Crippen molar-refractivity contribution < 1.29 is 26.7 Å². The van der Waals surface area contributed by atoms with Gasteiger partial charge in [0.25, 0.3) is 12.3 Å². The van der Waals surface area contributed by atoms with Crippen LogP contribution in [0.3, 0.4) is 0 Å². The molecule has 3 aromatic heterocycles. The van der Waals surface area contributed by atoms with Gasteiger partial charge in [0.2, 0.25) is 15.2 Å². The molecular formula is C27H26F2N8O4S2. The summed E-state index contributed by atoms with van der Waals surface area (Å²) in [6, 6.07) is 6.55. The van der Waals surface area contributed by atoms with Crippen molar-refractivity contribution in [3.05, 3.63) is 35.2 Å².